The fourth-order valence-corrected chi connectivity index (χ4v) is 6.13. The van der Waals surface area contributed by atoms with Gasteiger partial charge in [0.05, 0.1) is 0 Å². The van der Waals surface area contributed by atoms with E-state index in [-0.39, 0.29) is 23.0 Å². The van der Waals surface area contributed by atoms with Crippen LogP contribution >= 0.6 is 0 Å². The van der Waals surface area contributed by atoms with Gasteiger partial charge in [-0.25, -0.2) is 14.8 Å². The quantitative estimate of drug-likeness (QED) is 0.453. The van der Waals surface area contributed by atoms with E-state index in [1.54, 1.807) is 24.5 Å². The number of rotatable bonds is 4. The zero-order valence-electron chi connectivity index (χ0n) is 16.4. The Kier molecular flexibility index (Phi) is 4.24. The fourth-order valence-electron chi connectivity index (χ4n) is 6.13. The molecule has 0 radical (unpaired) electrons. The maximum Gasteiger partial charge on any atom is 0.328 e. The lowest BCUT2D eigenvalue weighted by Gasteiger charge is -2.61. The van der Waals surface area contributed by atoms with Gasteiger partial charge in [-0.05, 0) is 62.3 Å². The second kappa shape index (κ2) is 6.62. The van der Waals surface area contributed by atoms with Crippen LogP contribution in [0.2, 0.25) is 0 Å². The van der Waals surface area contributed by atoms with Gasteiger partial charge in [0.1, 0.15) is 5.75 Å². The number of nitrogens with zero attached hydrogens (tertiary/aromatic N) is 2. The predicted molar refractivity (Wildman–Crippen MR) is 108 cm³/mol. The van der Waals surface area contributed by atoms with Crippen LogP contribution in [0.15, 0.2) is 36.7 Å². The van der Waals surface area contributed by atoms with Gasteiger partial charge in [-0.3, -0.25) is 0 Å². The lowest BCUT2D eigenvalue weighted by atomic mass is 9.46. The van der Waals surface area contributed by atoms with E-state index in [1.165, 1.54) is 6.08 Å². The monoisotopic (exact) mass is 408 g/mol. The van der Waals surface area contributed by atoms with Crippen LogP contribution in [-0.2, 0) is 10.2 Å². The standard InChI is InChI=1S/C23H24N2O5/c26-19-3-2-15(21-24-11-13(12-25-21)1-4-20(27)28)7-18(19)22-8-14-5-16(9-22)23(29,30)17(6-14)10-22/h1-4,7,11-12,14,16-17,26,29-30H,5-6,8-10H2,(H,27,28)/b4-1+. The highest BCUT2D eigenvalue weighted by Crippen LogP contribution is 2.64. The SMILES string of the molecule is O=C(O)/C=C/c1cnc(-c2ccc(O)c(C34CC5CC(C3)C(O)(O)C(C5)C4)c2)nc1. The van der Waals surface area contributed by atoms with Gasteiger partial charge >= 0.3 is 5.97 Å². The smallest absolute Gasteiger partial charge is 0.328 e. The summed E-state index contributed by atoms with van der Waals surface area (Å²) in [5.74, 6) is -1.79. The van der Waals surface area contributed by atoms with Gasteiger partial charge in [-0.15, -0.1) is 0 Å². The lowest BCUT2D eigenvalue weighted by Crippen LogP contribution is -2.62. The molecular weight excluding hydrogens is 384 g/mol. The molecular formula is C23H24N2O5. The lowest BCUT2D eigenvalue weighted by molar-refractivity contribution is -0.297. The van der Waals surface area contributed by atoms with E-state index in [0.29, 0.717) is 30.1 Å². The third-order valence-electron chi connectivity index (χ3n) is 7.31. The van der Waals surface area contributed by atoms with Crippen LogP contribution in [0, 0.1) is 17.8 Å². The molecule has 4 fully saturated rings. The summed E-state index contributed by atoms with van der Waals surface area (Å²) < 4.78 is 0. The first kappa shape index (κ1) is 19.2. The van der Waals surface area contributed by atoms with Gasteiger partial charge in [-0.2, -0.15) is 0 Å². The van der Waals surface area contributed by atoms with Gasteiger partial charge < -0.3 is 20.4 Å². The van der Waals surface area contributed by atoms with E-state index < -0.39 is 11.8 Å². The van der Waals surface area contributed by atoms with Gasteiger partial charge in [-0.1, -0.05) is 0 Å². The van der Waals surface area contributed by atoms with Crippen molar-refractivity contribution in [2.45, 2.75) is 43.3 Å². The Morgan fingerprint density at radius 2 is 1.73 bits per heavy atom. The Hall–Kier alpha value is -2.77. The molecule has 1 heterocycles. The topological polar surface area (TPSA) is 124 Å². The molecule has 156 valence electrons. The summed E-state index contributed by atoms with van der Waals surface area (Å²) in [4.78, 5) is 19.4. The van der Waals surface area contributed by atoms with E-state index in [4.69, 9.17) is 5.11 Å². The van der Waals surface area contributed by atoms with Crippen molar-refractivity contribution in [1.82, 2.24) is 9.97 Å². The molecule has 0 spiro atoms. The van der Waals surface area contributed by atoms with E-state index in [2.05, 4.69) is 9.97 Å². The first-order valence-corrected chi connectivity index (χ1v) is 10.3. The molecule has 1 aromatic carbocycles. The summed E-state index contributed by atoms with van der Waals surface area (Å²) in [7, 11) is 0. The maximum absolute atomic E-state index is 10.7. The van der Waals surface area contributed by atoms with Crippen molar-refractivity contribution in [2.24, 2.45) is 17.8 Å². The third kappa shape index (κ3) is 3.00. The number of benzene rings is 1. The number of phenols is 1. The van der Waals surface area contributed by atoms with E-state index in [1.807, 2.05) is 6.07 Å². The second-order valence-electron chi connectivity index (χ2n) is 9.15. The third-order valence-corrected chi connectivity index (χ3v) is 7.31. The second-order valence-corrected chi connectivity index (χ2v) is 9.15. The van der Waals surface area contributed by atoms with Gasteiger partial charge in [0, 0.05) is 52.4 Å². The van der Waals surface area contributed by atoms with Crippen molar-refractivity contribution in [3.05, 3.63) is 47.8 Å². The van der Waals surface area contributed by atoms with Gasteiger partial charge in [0.25, 0.3) is 0 Å². The van der Waals surface area contributed by atoms with Crippen molar-refractivity contribution in [3.63, 3.8) is 0 Å². The first-order chi connectivity index (χ1) is 14.3. The Bertz CT molecular complexity index is 1010. The molecule has 4 saturated carbocycles. The van der Waals surface area contributed by atoms with Crippen molar-refractivity contribution in [2.75, 3.05) is 0 Å². The van der Waals surface area contributed by atoms with Crippen molar-refractivity contribution in [3.8, 4) is 17.1 Å². The number of aliphatic hydroxyl groups is 2. The molecule has 1 aromatic heterocycles. The van der Waals surface area contributed by atoms with E-state index in [0.717, 1.165) is 36.5 Å². The van der Waals surface area contributed by atoms with Crippen LogP contribution in [0.1, 0.15) is 43.2 Å². The Balaban J connectivity index is 1.49. The van der Waals surface area contributed by atoms with Crippen LogP contribution < -0.4 is 0 Å². The summed E-state index contributed by atoms with van der Waals surface area (Å²) in [6.07, 6.45) is 9.52. The number of carbonyl (C=O) groups is 1. The highest BCUT2D eigenvalue weighted by Gasteiger charge is 2.62. The number of hydrogen-bond acceptors (Lipinski definition) is 6. The molecule has 4 aliphatic rings. The minimum Gasteiger partial charge on any atom is -0.508 e. The number of aromatic nitrogens is 2. The minimum atomic E-state index is -1.60. The predicted octanol–water partition coefficient (Wildman–Crippen LogP) is 2.71. The molecule has 0 amide bonds. The minimum absolute atomic E-state index is 0.164. The summed E-state index contributed by atoms with van der Waals surface area (Å²) in [5.41, 5.74) is 1.94. The zero-order chi connectivity index (χ0) is 21.1. The first-order valence-electron chi connectivity index (χ1n) is 10.3. The van der Waals surface area contributed by atoms with Crippen LogP contribution in [0.4, 0.5) is 0 Å². The fraction of sp³-hybridized carbons (Fsp3) is 0.435. The molecule has 0 saturated heterocycles. The Labute approximate surface area is 173 Å². The molecule has 0 aliphatic heterocycles. The number of phenolic OH excluding ortho intramolecular Hbond substituents is 1. The normalized spacial score (nSPS) is 31.3. The average Bonchev–Trinajstić information content (AvgIpc) is 2.71. The summed E-state index contributed by atoms with van der Waals surface area (Å²) >= 11 is 0. The van der Waals surface area contributed by atoms with Gasteiger partial charge in [0.15, 0.2) is 11.6 Å². The molecule has 4 N–H and O–H groups in total. The highest BCUT2D eigenvalue weighted by molar-refractivity contribution is 5.85. The highest BCUT2D eigenvalue weighted by atomic mass is 16.5. The maximum atomic E-state index is 10.7. The molecule has 30 heavy (non-hydrogen) atoms. The summed E-state index contributed by atoms with van der Waals surface area (Å²) in [6.45, 7) is 0. The largest absolute Gasteiger partial charge is 0.508 e. The molecule has 4 bridgehead atoms. The molecule has 6 rings (SSSR count). The number of aromatic hydroxyl groups is 1. The Morgan fingerprint density at radius 3 is 2.37 bits per heavy atom. The van der Waals surface area contributed by atoms with Crippen molar-refractivity contribution < 1.29 is 25.2 Å². The van der Waals surface area contributed by atoms with Gasteiger partial charge in [0.2, 0.25) is 0 Å². The Morgan fingerprint density at radius 1 is 1.07 bits per heavy atom. The van der Waals surface area contributed by atoms with Crippen LogP contribution in [-0.4, -0.2) is 42.2 Å². The molecule has 7 heteroatoms. The van der Waals surface area contributed by atoms with Crippen LogP contribution in [0.25, 0.3) is 17.5 Å². The van der Waals surface area contributed by atoms with E-state index in [9.17, 15) is 20.1 Å². The number of hydrogen-bond donors (Lipinski definition) is 4. The number of aliphatic carboxylic acids is 1. The summed E-state index contributed by atoms with van der Waals surface area (Å²) in [6, 6.07) is 5.36. The van der Waals surface area contributed by atoms with Crippen molar-refractivity contribution >= 4 is 12.0 Å². The molecule has 2 aromatic rings. The molecule has 4 aliphatic carbocycles. The summed E-state index contributed by atoms with van der Waals surface area (Å²) in [5, 5.41) is 40.6. The zero-order valence-corrected chi connectivity index (χ0v) is 16.4. The number of carboxylic acids is 1. The van der Waals surface area contributed by atoms with Crippen LogP contribution in [0.5, 0.6) is 5.75 Å². The molecule has 2 unspecified atom stereocenters. The average molecular weight is 408 g/mol. The van der Waals surface area contributed by atoms with Crippen LogP contribution in [0.3, 0.4) is 0 Å². The molecule has 2 atom stereocenters. The van der Waals surface area contributed by atoms with Crippen molar-refractivity contribution in [1.29, 1.82) is 0 Å². The van der Waals surface area contributed by atoms with E-state index >= 15 is 0 Å². The molecule has 7 nitrogen and oxygen atoms in total. The number of carboxylic acid groups (broad SMARTS) is 1.